The van der Waals surface area contributed by atoms with Gasteiger partial charge < -0.3 is 5.32 Å². The minimum Gasteiger partial charge on any atom is -0.348 e. The first-order chi connectivity index (χ1) is 10.6. The number of benzene rings is 1. The zero-order valence-corrected chi connectivity index (χ0v) is 13.1. The van der Waals surface area contributed by atoms with E-state index in [1.807, 2.05) is 16.8 Å². The molecule has 2 aliphatic rings. The van der Waals surface area contributed by atoms with Crippen molar-refractivity contribution >= 4 is 5.91 Å². The van der Waals surface area contributed by atoms with Crippen LogP contribution in [0, 0.1) is 12.8 Å². The van der Waals surface area contributed by atoms with E-state index in [1.54, 1.807) is 0 Å². The van der Waals surface area contributed by atoms with Crippen molar-refractivity contribution in [2.75, 3.05) is 0 Å². The highest BCUT2D eigenvalue weighted by molar-refractivity contribution is 5.94. The third-order valence-corrected chi connectivity index (χ3v) is 4.91. The fourth-order valence-corrected chi connectivity index (χ4v) is 3.38. The van der Waals surface area contributed by atoms with Gasteiger partial charge in [-0.05, 0) is 50.2 Å². The fourth-order valence-electron chi connectivity index (χ4n) is 3.38. The van der Waals surface area contributed by atoms with Crippen molar-refractivity contribution in [3.8, 4) is 5.69 Å². The molecule has 4 nitrogen and oxygen atoms in total. The Labute approximate surface area is 130 Å². The third kappa shape index (κ3) is 2.14. The fraction of sp³-hybridized carbons (Fsp3) is 0.444. The number of carbonyl (C=O) groups excluding carboxylic acids is 1. The molecule has 114 valence electrons. The predicted molar refractivity (Wildman–Crippen MR) is 85.4 cm³/mol. The largest absolute Gasteiger partial charge is 0.348 e. The zero-order valence-electron chi connectivity index (χ0n) is 13.1. The molecule has 1 saturated carbocycles. The van der Waals surface area contributed by atoms with Crippen LogP contribution in [-0.2, 0) is 12.8 Å². The monoisotopic (exact) mass is 295 g/mol. The second-order valence-corrected chi connectivity index (χ2v) is 6.62. The lowest BCUT2D eigenvalue weighted by atomic mass is 10.2. The quantitative estimate of drug-likeness (QED) is 0.946. The van der Waals surface area contributed by atoms with E-state index in [0.717, 1.165) is 36.9 Å². The maximum atomic E-state index is 12.5. The van der Waals surface area contributed by atoms with Gasteiger partial charge in [0.2, 0.25) is 0 Å². The molecule has 0 spiro atoms. The summed E-state index contributed by atoms with van der Waals surface area (Å²) in [6.45, 7) is 4.26. The Kier molecular flexibility index (Phi) is 3.06. The first-order valence-corrected chi connectivity index (χ1v) is 8.13. The van der Waals surface area contributed by atoms with Crippen LogP contribution in [0.25, 0.3) is 5.69 Å². The maximum Gasteiger partial charge on any atom is 0.272 e. The van der Waals surface area contributed by atoms with Crippen LogP contribution in [0.1, 0.15) is 47.1 Å². The highest BCUT2D eigenvalue weighted by atomic mass is 16.2. The van der Waals surface area contributed by atoms with E-state index in [-0.39, 0.29) is 5.91 Å². The third-order valence-electron chi connectivity index (χ3n) is 4.91. The Hall–Kier alpha value is -2.10. The van der Waals surface area contributed by atoms with Gasteiger partial charge in [0.25, 0.3) is 5.91 Å². The lowest BCUT2D eigenvalue weighted by molar-refractivity contribution is 0.0943. The molecule has 0 saturated heterocycles. The van der Waals surface area contributed by atoms with Gasteiger partial charge in [-0.2, -0.15) is 5.10 Å². The summed E-state index contributed by atoms with van der Waals surface area (Å²) < 4.78 is 1.99. The highest BCUT2D eigenvalue weighted by Gasteiger charge is 2.36. The Morgan fingerprint density at radius 2 is 2.09 bits per heavy atom. The van der Waals surface area contributed by atoms with Gasteiger partial charge in [0.15, 0.2) is 5.69 Å². The van der Waals surface area contributed by atoms with Crippen molar-refractivity contribution in [1.82, 2.24) is 15.1 Å². The van der Waals surface area contributed by atoms with Crippen molar-refractivity contribution in [2.24, 2.45) is 5.92 Å². The lowest BCUT2D eigenvalue weighted by Gasteiger charge is -2.08. The number of para-hydroxylation sites is 1. The summed E-state index contributed by atoms with van der Waals surface area (Å²) in [6.07, 6.45) is 4.17. The molecule has 1 aromatic heterocycles. The summed E-state index contributed by atoms with van der Waals surface area (Å²) in [6, 6.07) is 8.56. The van der Waals surface area contributed by atoms with Crippen molar-refractivity contribution in [2.45, 2.75) is 45.6 Å². The number of rotatable bonds is 3. The summed E-state index contributed by atoms with van der Waals surface area (Å²) in [5.74, 6) is 0.607. The van der Waals surface area contributed by atoms with Gasteiger partial charge in [0, 0.05) is 17.3 Å². The van der Waals surface area contributed by atoms with Gasteiger partial charge in [-0.25, -0.2) is 4.68 Å². The van der Waals surface area contributed by atoms with E-state index in [0.29, 0.717) is 17.7 Å². The number of aryl methyl sites for hydroxylation is 1. The molecule has 1 N–H and O–H groups in total. The van der Waals surface area contributed by atoms with Gasteiger partial charge >= 0.3 is 0 Å². The number of nitrogens with one attached hydrogen (secondary N) is 1. The summed E-state index contributed by atoms with van der Waals surface area (Å²) >= 11 is 0. The molecular formula is C18H21N3O. The van der Waals surface area contributed by atoms with Crippen LogP contribution in [0.15, 0.2) is 24.3 Å². The van der Waals surface area contributed by atoms with Crippen molar-refractivity contribution in [3.05, 3.63) is 46.8 Å². The van der Waals surface area contributed by atoms with Crippen LogP contribution >= 0.6 is 0 Å². The van der Waals surface area contributed by atoms with Gasteiger partial charge in [-0.1, -0.05) is 25.1 Å². The maximum absolute atomic E-state index is 12.5. The summed E-state index contributed by atoms with van der Waals surface area (Å²) in [5.41, 5.74) is 5.26. The Balaban J connectivity index is 1.74. The molecule has 1 amide bonds. The topological polar surface area (TPSA) is 46.9 Å². The van der Waals surface area contributed by atoms with Gasteiger partial charge in [0.05, 0.1) is 5.69 Å². The second-order valence-electron chi connectivity index (χ2n) is 6.62. The number of amides is 1. The number of aromatic nitrogens is 2. The summed E-state index contributed by atoms with van der Waals surface area (Å²) in [4.78, 5) is 12.5. The van der Waals surface area contributed by atoms with E-state index in [2.05, 4.69) is 36.4 Å². The number of hydrogen-bond acceptors (Lipinski definition) is 2. The van der Waals surface area contributed by atoms with Crippen LogP contribution in [-0.4, -0.2) is 21.7 Å². The molecule has 1 aromatic carbocycles. The molecule has 1 fully saturated rings. The van der Waals surface area contributed by atoms with E-state index in [4.69, 9.17) is 0 Å². The van der Waals surface area contributed by atoms with Crippen LogP contribution < -0.4 is 5.32 Å². The van der Waals surface area contributed by atoms with E-state index in [1.165, 1.54) is 11.3 Å². The number of nitrogens with zero attached hydrogens (tertiary/aromatic N) is 2. The highest BCUT2D eigenvalue weighted by Crippen LogP contribution is 2.31. The molecule has 2 unspecified atom stereocenters. The Bertz CT molecular complexity index is 747. The van der Waals surface area contributed by atoms with E-state index >= 15 is 0 Å². The number of hydrogen-bond donors (Lipinski definition) is 1. The van der Waals surface area contributed by atoms with Crippen molar-refractivity contribution in [1.29, 1.82) is 0 Å². The summed E-state index contributed by atoms with van der Waals surface area (Å²) in [7, 11) is 0. The van der Waals surface area contributed by atoms with Crippen molar-refractivity contribution in [3.63, 3.8) is 0 Å². The number of carbonyl (C=O) groups is 1. The average Bonchev–Trinajstić information content (AvgIpc) is 2.92. The minimum atomic E-state index is -0.000154. The van der Waals surface area contributed by atoms with Crippen LogP contribution in [0.5, 0.6) is 0 Å². The standard InChI is InChI=1S/C18H21N3O/c1-11-6-3-4-8-15(11)21-16-9-5-7-13(16)17(20-21)18(22)19-14-10-12(14)2/h3-4,6,8,12,14H,5,7,9-10H2,1-2H3,(H,19,22). The van der Waals surface area contributed by atoms with Crippen LogP contribution in [0.2, 0.25) is 0 Å². The normalized spacial score (nSPS) is 22.5. The Morgan fingerprint density at radius 1 is 1.32 bits per heavy atom. The van der Waals surface area contributed by atoms with Gasteiger partial charge in [0.1, 0.15) is 0 Å². The van der Waals surface area contributed by atoms with Gasteiger partial charge in [-0.3, -0.25) is 4.79 Å². The van der Waals surface area contributed by atoms with Crippen LogP contribution in [0.4, 0.5) is 0 Å². The molecule has 4 heteroatoms. The molecule has 1 heterocycles. The predicted octanol–water partition coefficient (Wildman–Crippen LogP) is 2.81. The molecule has 2 atom stereocenters. The minimum absolute atomic E-state index is 0.000154. The molecule has 0 aliphatic heterocycles. The zero-order chi connectivity index (χ0) is 15.3. The Morgan fingerprint density at radius 3 is 2.82 bits per heavy atom. The first kappa shape index (κ1) is 13.6. The molecule has 2 aromatic rings. The average molecular weight is 295 g/mol. The number of fused-ring (bicyclic) bond motifs is 1. The molecule has 0 radical (unpaired) electrons. The first-order valence-electron chi connectivity index (χ1n) is 8.13. The lowest BCUT2D eigenvalue weighted by Crippen LogP contribution is -2.27. The SMILES string of the molecule is Cc1ccccc1-n1nc(C(=O)NC2CC2C)c2c1CCC2. The second kappa shape index (κ2) is 4.97. The molecule has 22 heavy (non-hydrogen) atoms. The van der Waals surface area contributed by atoms with E-state index in [9.17, 15) is 4.79 Å². The van der Waals surface area contributed by atoms with Crippen LogP contribution in [0.3, 0.4) is 0 Å². The smallest absolute Gasteiger partial charge is 0.272 e. The van der Waals surface area contributed by atoms with Gasteiger partial charge in [-0.15, -0.1) is 0 Å². The summed E-state index contributed by atoms with van der Waals surface area (Å²) in [5, 5.41) is 7.79. The molecule has 2 aliphatic carbocycles. The molecule has 0 bridgehead atoms. The molecular weight excluding hydrogens is 274 g/mol. The molecule has 4 rings (SSSR count). The van der Waals surface area contributed by atoms with Crippen molar-refractivity contribution < 1.29 is 4.79 Å². The van der Waals surface area contributed by atoms with E-state index < -0.39 is 0 Å².